The van der Waals surface area contributed by atoms with Crippen molar-refractivity contribution in [3.05, 3.63) is 11.9 Å². The number of hydrogen-bond donors (Lipinski definition) is 0. The maximum Gasteiger partial charge on any atom is 0.139 e. The largest absolute Gasteiger partial charge is 0.377 e. The summed E-state index contributed by atoms with van der Waals surface area (Å²) in [7, 11) is 0. The third-order valence-corrected chi connectivity index (χ3v) is 7.48. The van der Waals surface area contributed by atoms with Gasteiger partial charge in [0, 0.05) is 24.5 Å². The molecule has 0 aromatic carbocycles. The summed E-state index contributed by atoms with van der Waals surface area (Å²) in [5, 5.41) is 8.42. The second-order valence-electron chi connectivity index (χ2n) is 11.3. The van der Waals surface area contributed by atoms with Gasteiger partial charge in [0.2, 0.25) is 0 Å². The van der Waals surface area contributed by atoms with E-state index in [1.54, 1.807) is 4.68 Å². The van der Waals surface area contributed by atoms with Crippen molar-refractivity contribution in [3.63, 3.8) is 0 Å². The third kappa shape index (κ3) is 15.9. The normalized spacial score (nSPS) is 14.8. The van der Waals surface area contributed by atoms with Crippen molar-refractivity contribution in [1.82, 2.24) is 15.0 Å². The van der Waals surface area contributed by atoms with Gasteiger partial charge in [0.15, 0.2) is 0 Å². The van der Waals surface area contributed by atoms with E-state index in [1.165, 1.54) is 12.8 Å². The fourth-order valence-corrected chi connectivity index (χ4v) is 5.02. The summed E-state index contributed by atoms with van der Waals surface area (Å²) in [4.78, 5) is 12.9. The highest BCUT2D eigenvalue weighted by Gasteiger charge is 2.30. The maximum absolute atomic E-state index is 12.9. The molecule has 1 aromatic rings. The Kier molecular flexibility index (Phi) is 19.6. The van der Waals surface area contributed by atoms with E-state index in [0.717, 1.165) is 57.1 Å². The minimum Gasteiger partial charge on any atom is -0.377 e. The van der Waals surface area contributed by atoms with Crippen molar-refractivity contribution in [2.45, 2.75) is 131 Å². The molecule has 228 valence electrons. The Labute approximate surface area is 238 Å². The fourth-order valence-electron chi connectivity index (χ4n) is 5.02. The molecule has 0 fully saturated rings. The van der Waals surface area contributed by atoms with E-state index in [0.29, 0.717) is 71.4 Å². The molecule has 8 nitrogen and oxygen atoms in total. The predicted octanol–water partition coefficient (Wildman–Crippen LogP) is 6.59. The van der Waals surface area contributed by atoms with Crippen LogP contribution in [0, 0.1) is 5.41 Å². The highest BCUT2D eigenvalue weighted by molar-refractivity contribution is 5.84. The van der Waals surface area contributed by atoms with Crippen LogP contribution in [0.5, 0.6) is 0 Å². The van der Waals surface area contributed by atoms with Gasteiger partial charge in [-0.15, -0.1) is 5.10 Å². The number of carbonyl (C=O) groups excluding carboxylic acids is 1. The third-order valence-electron chi connectivity index (χ3n) is 7.48. The zero-order valence-electron chi connectivity index (χ0n) is 26.1. The van der Waals surface area contributed by atoms with E-state index >= 15 is 0 Å². The first-order valence-electron chi connectivity index (χ1n) is 15.6. The summed E-state index contributed by atoms with van der Waals surface area (Å²) < 4.78 is 24.8. The monoisotopic (exact) mass is 553 g/mol. The van der Waals surface area contributed by atoms with E-state index in [1.807, 2.05) is 6.20 Å². The van der Waals surface area contributed by atoms with Crippen molar-refractivity contribution in [2.75, 3.05) is 46.2 Å². The molecule has 0 saturated carbocycles. The van der Waals surface area contributed by atoms with Gasteiger partial charge in [-0.3, -0.25) is 4.79 Å². The molecular weight excluding hydrogens is 494 g/mol. The molecule has 0 aliphatic heterocycles. The number of rotatable bonds is 27. The minimum atomic E-state index is -0.207. The summed E-state index contributed by atoms with van der Waals surface area (Å²) in [6.07, 6.45) is 14.0. The molecule has 2 unspecified atom stereocenters. The molecule has 0 spiro atoms. The summed E-state index contributed by atoms with van der Waals surface area (Å²) in [6, 6.07) is 0. The Morgan fingerprint density at radius 1 is 0.769 bits per heavy atom. The van der Waals surface area contributed by atoms with Crippen LogP contribution in [0.15, 0.2) is 6.20 Å². The molecule has 39 heavy (non-hydrogen) atoms. The number of aryl methyl sites for hydroxylation is 1. The van der Waals surface area contributed by atoms with Crippen LogP contribution in [0.2, 0.25) is 0 Å². The lowest BCUT2D eigenvalue weighted by molar-refractivity contribution is -0.128. The van der Waals surface area contributed by atoms with Crippen molar-refractivity contribution in [2.24, 2.45) is 5.41 Å². The lowest BCUT2D eigenvalue weighted by atomic mass is 9.75. The number of carbonyl (C=O) groups is 1. The maximum atomic E-state index is 12.9. The number of nitrogens with zero attached hydrogens (tertiary/aromatic N) is 3. The van der Waals surface area contributed by atoms with Crippen LogP contribution in [0.1, 0.15) is 118 Å². The number of Topliss-reactive ketones (excluding diaryl/α,β-unsaturated/α-hetero) is 1. The quantitative estimate of drug-likeness (QED) is 0.114. The number of aromatic nitrogens is 3. The standard InChI is InChI=1S/C31H59N3O5/c1-7-11-17-30(5,15-9-3)29(35)14-13-28-27-34(33-32-28)19-20-36-21-22-37-23-24-38-25-26-39-31(6,16-10-4)18-12-8-2/h27H,7-26H2,1-6H3. The van der Waals surface area contributed by atoms with Gasteiger partial charge < -0.3 is 18.9 Å². The molecule has 2 atom stereocenters. The molecular formula is C31H59N3O5. The van der Waals surface area contributed by atoms with E-state index < -0.39 is 0 Å². The zero-order chi connectivity index (χ0) is 28.8. The van der Waals surface area contributed by atoms with Crippen molar-refractivity contribution in [3.8, 4) is 0 Å². The van der Waals surface area contributed by atoms with Crippen LogP contribution in [-0.2, 0) is 36.7 Å². The van der Waals surface area contributed by atoms with Gasteiger partial charge in [-0.1, -0.05) is 78.4 Å². The molecule has 0 aliphatic carbocycles. The highest BCUT2D eigenvalue weighted by Crippen LogP contribution is 2.32. The molecule has 0 amide bonds. The molecule has 0 aliphatic rings. The minimum absolute atomic E-state index is 0.0287. The molecule has 0 saturated heterocycles. The first-order chi connectivity index (χ1) is 18.8. The number of unbranched alkanes of at least 4 members (excludes halogenated alkanes) is 2. The van der Waals surface area contributed by atoms with E-state index in [2.05, 4.69) is 51.9 Å². The van der Waals surface area contributed by atoms with Crippen LogP contribution in [0.4, 0.5) is 0 Å². The van der Waals surface area contributed by atoms with Gasteiger partial charge >= 0.3 is 0 Å². The average molecular weight is 554 g/mol. The van der Waals surface area contributed by atoms with E-state index in [-0.39, 0.29) is 11.0 Å². The topological polar surface area (TPSA) is 84.7 Å². The molecule has 0 radical (unpaired) electrons. The van der Waals surface area contributed by atoms with Gasteiger partial charge in [0.1, 0.15) is 5.78 Å². The Morgan fingerprint density at radius 2 is 1.36 bits per heavy atom. The average Bonchev–Trinajstić information content (AvgIpc) is 3.38. The van der Waals surface area contributed by atoms with E-state index in [9.17, 15) is 4.79 Å². The van der Waals surface area contributed by atoms with Crippen LogP contribution in [-0.4, -0.2) is 72.6 Å². The predicted molar refractivity (Wildman–Crippen MR) is 157 cm³/mol. The Bertz CT molecular complexity index is 744. The van der Waals surface area contributed by atoms with Gasteiger partial charge in [-0.25, -0.2) is 4.68 Å². The summed E-state index contributed by atoms with van der Waals surface area (Å²) in [5.74, 6) is 0.354. The van der Waals surface area contributed by atoms with Crippen molar-refractivity contribution >= 4 is 5.78 Å². The number of ether oxygens (including phenoxy) is 4. The number of ketones is 1. The molecule has 0 bridgehead atoms. The number of hydrogen-bond acceptors (Lipinski definition) is 7. The van der Waals surface area contributed by atoms with Crippen molar-refractivity contribution < 1.29 is 23.7 Å². The van der Waals surface area contributed by atoms with Crippen molar-refractivity contribution in [1.29, 1.82) is 0 Å². The first-order valence-corrected chi connectivity index (χ1v) is 15.6. The van der Waals surface area contributed by atoms with Gasteiger partial charge in [0.25, 0.3) is 0 Å². The SMILES string of the molecule is CCCCC(C)(CCC)OCCOCCOCCOCCn1cc(CCC(=O)C(C)(CCC)CCCC)nn1. The molecule has 8 heteroatoms. The smallest absolute Gasteiger partial charge is 0.139 e. The van der Waals surface area contributed by atoms with Crippen LogP contribution < -0.4 is 0 Å². The van der Waals surface area contributed by atoms with Gasteiger partial charge in [-0.05, 0) is 32.6 Å². The Morgan fingerprint density at radius 3 is 1.97 bits per heavy atom. The zero-order valence-corrected chi connectivity index (χ0v) is 26.1. The molecule has 1 rings (SSSR count). The lowest BCUT2D eigenvalue weighted by Gasteiger charge is -2.29. The van der Waals surface area contributed by atoms with Gasteiger partial charge in [-0.2, -0.15) is 0 Å². The van der Waals surface area contributed by atoms with E-state index in [4.69, 9.17) is 18.9 Å². The Balaban J connectivity index is 2.10. The highest BCUT2D eigenvalue weighted by atomic mass is 16.6. The summed E-state index contributed by atoms with van der Waals surface area (Å²) in [5.41, 5.74) is 0.628. The fraction of sp³-hybridized carbons (Fsp3) is 0.903. The molecule has 0 N–H and O–H groups in total. The second kappa shape index (κ2) is 21.4. The lowest BCUT2D eigenvalue weighted by Crippen LogP contribution is -2.30. The van der Waals surface area contributed by atoms with Crippen LogP contribution in [0.3, 0.4) is 0 Å². The molecule has 1 aromatic heterocycles. The second-order valence-corrected chi connectivity index (χ2v) is 11.3. The van der Waals surface area contributed by atoms with Crippen LogP contribution in [0.25, 0.3) is 0 Å². The summed E-state index contributed by atoms with van der Waals surface area (Å²) in [6.45, 7) is 17.7. The molecule has 1 heterocycles. The van der Waals surface area contributed by atoms with Gasteiger partial charge in [0.05, 0.1) is 64.1 Å². The summed E-state index contributed by atoms with van der Waals surface area (Å²) >= 11 is 0. The first kappa shape index (κ1) is 35.7. The Hall–Kier alpha value is -1.35. The van der Waals surface area contributed by atoms with Crippen LogP contribution >= 0.6 is 0 Å².